The van der Waals surface area contributed by atoms with Crippen LogP contribution in [-0.4, -0.2) is 46.9 Å². The molecule has 0 saturated carbocycles. The molecular weight excluding hydrogens is 366 g/mol. The van der Waals surface area contributed by atoms with Crippen LogP contribution in [0.4, 0.5) is 4.79 Å². The number of carbonyl (C=O) groups is 2. The van der Waals surface area contributed by atoms with E-state index in [2.05, 4.69) is 31.9 Å². The van der Waals surface area contributed by atoms with Gasteiger partial charge in [0.2, 0.25) is 5.91 Å². The molecule has 0 aromatic heterocycles. The highest BCUT2D eigenvalue weighted by Gasteiger charge is 2.42. The number of urea groups is 1. The molecule has 3 N–H and O–H groups in total. The number of rotatable bonds is 10. The Kier molecular flexibility index (Phi) is 7.86. The van der Waals surface area contributed by atoms with E-state index in [1.54, 1.807) is 0 Å². The number of alkyl halides is 1. The van der Waals surface area contributed by atoms with Crippen LogP contribution in [0.1, 0.15) is 44.9 Å². The highest BCUT2D eigenvalue weighted by atomic mass is 79.9. The fraction of sp³-hybridized carbons (Fsp3) is 0.867. The van der Waals surface area contributed by atoms with Gasteiger partial charge in [-0.3, -0.25) is 4.79 Å². The van der Waals surface area contributed by atoms with Gasteiger partial charge in [0.15, 0.2) is 0 Å². The number of carbonyl (C=O) groups excluding carboxylic acids is 2. The van der Waals surface area contributed by atoms with Crippen LogP contribution in [0.3, 0.4) is 0 Å². The summed E-state index contributed by atoms with van der Waals surface area (Å²) >= 11 is 5.34. The molecule has 2 aliphatic rings. The summed E-state index contributed by atoms with van der Waals surface area (Å²) in [4.78, 5) is 23.0. The molecule has 126 valence electrons. The topological polar surface area (TPSA) is 70.2 Å². The Morgan fingerprint density at radius 1 is 1.23 bits per heavy atom. The highest BCUT2D eigenvalue weighted by molar-refractivity contribution is 9.09. The Morgan fingerprint density at radius 3 is 2.91 bits per heavy atom. The summed E-state index contributed by atoms with van der Waals surface area (Å²) in [5.41, 5.74) is 0. The SMILES string of the molecule is O=C(CCCC[C@@H]1SC[C@H]2NC(=O)N[C@@H]12)NCCCCCBr. The lowest BCUT2D eigenvalue weighted by Crippen LogP contribution is -2.36. The fourth-order valence-corrected chi connectivity index (χ4v) is 4.93. The van der Waals surface area contributed by atoms with Crippen molar-refractivity contribution >= 4 is 39.6 Å². The average molecular weight is 392 g/mol. The van der Waals surface area contributed by atoms with Crippen LogP contribution < -0.4 is 16.0 Å². The van der Waals surface area contributed by atoms with Crippen LogP contribution in [0.5, 0.6) is 0 Å². The van der Waals surface area contributed by atoms with Gasteiger partial charge in [-0.1, -0.05) is 28.8 Å². The van der Waals surface area contributed by atoms with E-state index < -0.39 is 0 Å². The Morgan fingerprint density at radius 2 is 2.09 bits per heavy atom. The summed E-state index contributed by atoms with van der Waals surface area (Å²) in [5.74, 6) is 1.18. The van der Waals surface area contributed by atoms with Crippen molar-refractivity contribution < 1.29 is 9.59 Å². The maximum Gasteiger partial charge on any atom is 0.315 e. The first kappa shape index (κ1) is 17.9. The Labute approximate surface area is 145 Å². The standard InChI is InChI=1S/C15H26BrN3O2S/c16-8-4-1-5-9-17-13(20)7-3-2-6-12-14-11(10-22-12)18-15(21)19-14/h11-12,14H,1-10H2,(H,17,20)(H2,18,19,21)/t11-,12+,14-/m1/s1. The van der Waals surface area contributed by atoms with Crippen molar-refractivity contribution in [1.82, 2.24) is 16.0 Å². The number of unbranched alkanes of at least 4 members (excludes halogenated alkanes) is 3. The number of fused-ring (bicyclic) bond motifs is 1. The molecule has 5 nitrogen and oxygen atoms in total. The van der Waals surface area contributed by atoms with Gasteiger partial charge in [-0.05, 0) is 25.7 Å². The van der Waals surface area contributed by atoms with Gasteiger partial charge >= 0.3 is 6.03 Å². The average Bonchev–Trinajstić information content (AvgIpc) is 3.03. The predicted octanol–water partition coefficient (Wildman–Crippen LogP) is 2.39. The lowest BCUT2D eigenvalue weighted by Gasteiger charge is -2.16. The van der Waals surface area contributed by atoms with Gasteiger partial charge in [-0.15, -0.1) is 0 Å². The van der Waals surface area contributed by atoms with Gasteiger partial charge in [0.1, 0.15) is 0 Å². The number of nitrogens with one attached hydrogen (secondary N) is 3. The zero-order valence-electron chi connectivity index (χ0n) is 12.9. The largest absolute Gasteiger partial charge is 0.356 e. The van der Waals surface area contributed by atoms with Crippen LogP contribution >= 0.6 is 27.7 Å². The first-order valence-electron chi connectivity index (χ1n) is 8.22. The van der Waals surface area contributed by atoms with Crippen molar-refractivity contribution in [3.63, 3.8) is 0 Å². The molecule has 7 heteroatoms. The van der Waals surface area contributed by atoms with Crippen molar-refractivity contribution in [3.05, 3.63) is 0 Å². The number of halogens is 1. The molecule has 22 heavy (non-hydrogen) atoms. The van der Waals surface area contributed by atoms with Crippen molar-refractivity contribution in [3.8, 4) is 0 Å². The predicted molar refractivity (Wildman–Crippen MR) is 94.6 cm³/mol. The van der Waals surface area contributed by atoms with E-state index in [1.165, 1.54) is 6.42 Å². The monoisotopic (exact) mass is 391 g/mol. The Bertz CT molecular complexity index is 384. The van der Waals surface area contributed by atoms with E-state index >= 15 is 0 Å². The van der Waals surface area contributed by atoms with Crippen LogP contribution in [0.15, 0.2) is 0 Å². The summed E-state index contributed by atoms with van der Waals surface area (Å²) in [6.45, 7) is 0.797. The molecule has 0 aromatic rings. The van der Waals surface area contributed by atoms with E-state index in [9.17, 15) is 9.59 Å². The van der Waals surface area contributed by atoms with Crippen LogP contribution in [0.25, 0.3) is 0 Å². The highest BCUT2D eigenvalue weighted by Crippen LogP contribution is 2.33. The van der Waals surface area contributed by atoms with Crippen molar-refractivity contribution in [2.45, 2.75) is 62.3 Å². The molecule has 0 aliphatic carbocycles. The fourth-order valence-electron chi connectivity index (χ4n) is 2.99. The molecule has 3 atom stereocenters. The third-order valence-corrected chi connectivity index (χ3v) is 6.28. The van der Waals surface area contributed by atoms with Gasteiger partial charge in [0, 0.05) is 29.3 Å². The first-order valence-corrected chi connectivity index (χ1v) is 10.4. The van der Waals surface area contributed by atoms with E-state index in [-0.39, 0.29) is 18.0 Å². The second-order valence-corrected chi connectivity index (χ2v) is 8.03. The summed E-state index contributed by atoms with van der Waals surface area (Å²) in [6, 6.07) is 0.547. The second-order valence-electron chi connectivity index (χ2n) is 5.97. The molecule has 0 unspecified atom stereocenters. The van der Waals surface area contributed by atoms with Gasteiger partial charge in [0.05, 0.1) is 12.1 Å². The van der Waals surface area contributed by atoms with Gasteiger partial charge in [-0.25, -0.2) is 4.79 Å². The summed E-state index contributed by atoms with van der Waals surface area (Å²) in [5, 5.41) is 10.5. The molecule has 0 spiro atoms. The minimum atomic E-state index is -0.0282. The van der Waals surface area contributed by atoms with Gasteiger partial charge in [-0.2, -0.15) is 11.8 Å². The summed E-state index contributed by atoms with van der Waals surface area (Å²) in [6.07, 6.45) is 7.07. The second kappa shape index (κ2) is 9.65. The molecule has 2 heterocycles. The first-order chi connectivity index (χ1) is 10.7. The minimum absolute atomic E-state index is 0.0282. The third-order valence-electron chi connectivity index (χ3n) is 4.21. The van der Waals surface area contributed by atoms with Crippen molar-refractivity contribution in [2.24, 2.45) is 0 Å². The smallest absolute Gasteiger partial charge is 0.315 e. The lowest BCUT2D eigenvalue weighted by molar-refractivity contribution is -0.121. The molecule has 0 radical (unpaired) electrons. The van der Waals surface area contributed by atoms with Crippen LogP contribution in [0.2, 0.25) is 0 Å². The zero-order valence-corrected chi connectivity index (χ0v) is 15.3. The van der Waals surface area contributed by atoms with Gasteiger partial charge < -0.3 is 16.0 Å². The third kappa shape index (κ3) is 5.65. The molecular formula is C15H26BrN3O2S. The molecule has 0 bridgehead atoms. The lowest BCUT2D eigenvalue weighted by atomic mass is 10.0. The van der Waals surface area contributed by atoms with Crippen LogP contribution in [-0.2, 0) is 4.79 Å². The molecule has 2 saturated heterocycles. The van der Waals surface area contributed by atoms with E-state index in [1.807, 2.05) is 11.8 Å². The molecule has 0 aromatic carbocycles. The van der Waals surface area contributed by atoms with Crippen molar-refractivity contribution in [2.75, 3.05) is 17.6 Å². The molecule has 2 fully saturated rings. The minimum Gasteiger partial charge on any atom is -0.356 e. The summed E-state index contributed by atoms with van der Waals surface area (Å²) in [7, 11) is 0. The van der Waals surface area contributed by atoms with Crippen LogP contribution in [0, 0.1) is 0 Å². The van der Waals surface area contributed by atoms with Crippen molar-refractivity contribution in [1.29, 1.82) is 0 Å². The maximum absolute atomic E-state index is 11.7. The quantitative estimate of drug-likeness (QED) is 0.304. The van der Waals surface area contributed by atoms with E-state index in [4.69, 9.17) is 0 Å². The number of hydrogen-bond donors (Lipinski definition) is 3. The normalized spacial score (nSPS) is 26.4. The zero-order chi connectivity index (χ0) is 15.8. The number of hydrogen-bond acceptors (Lipinski definition) is 3. The van der Waals surface area contributed by atoms with Gasteiger partial charge in [0.25, 0.3) is 0 Å². The Hall–Kier alpha value is -0.430. The summed E-state index contributed by atoms with van der Waals surface area (Å²) < 4.78 is 0. The molecule has 2 rings (SSSR count). The number of amides is 3. The number of thioether (sulfide) groups is 1. The molecule has 3 amide bonds. The van der Waals surface area contributed by atoms with E-state index in [0.717, 1.165) is 49.7 Å². The Balaban J connectivity index is 1.49. The maximum atomic E-state index is 11.7. The molecule has 2 aliphatic heterocycles. The van der Waals surface area contributed by atoms with E-state index in [0.29, 0.717) is 17.7 Å².